The lowest BCUT2D eigenvalue weighted by Gasteiger charge is -1.94. The minimum atomic E-state index is 0.322. The van der Waals surface area contributed by atoms with Gasteiger partial charge in [0.15, 0.2) is 0 Å². The van der Waals surface area contributed by atoms with Crippen molar-refractivity contribution in [2.24, 2.45) is 0 Å². The molecule has 0 saturated carbocycles. The van der Waals surface area contributed by atoms with Crippen LogP contribution in [0.4, 0.5) is 0 Å². The summed E-state index contributed by atoms with van der Waals surface area (Å²) in [5, 5.41) is 0.322. The zero-order valence-electron chi connectivity index (χ0n) is 4.93. The normalized spacial score (nSPS) is 9.56. The van der Waals surface area contributed by atoms with Crippen molar-refractivity contribution in [1.29, 1.82) is 0 Å². The van der Waals surface area contributed by atoms with Crippen LogP contribution in [0.5, 0.6) is 0 Å². The van der Waals surface area contributed by atoms with E-state index >= 15 is 0 Å². The Morgan fingerprint density at radius 2 is 2.33 bits per heavy atom. The molecule has 2 radical (unpaired) electrons. The Morgan fingerprint density at radius 3 is 2.78 bits per heavy atom. The Morgan fingerprint density at radius 1 is 1.67 bits per heavy atom. The summed E-state index contributed by atoms with van der Waals surface area (Å²) in [6.07, 6.45) is 1.49. The molecule has 0 aliphatic heterocycles. The molecule has 0 N–H and O–H groups in total. The van der Waals surface area contributed by atoms with Gasteiger partial charge >= 0.3 is 0 Å². The highest BCUT2D eigenvalue weighted by molar-refractivity contribution is 6.43. The van der Waals surface area contributed by atoms with Crippen LogP contribution in [-0.4, -0.2) is 17.8 Å². The van der Waals surface area contributed by atoms with Gasteiger partial charge in [-0.1, -0.05) is 11.6 Å². The Kier molecular flexibility index (Phi) is 1.71. The standard InChI is InChI=1S/C5H4BClN2/c1-3-8-2-4(6)5(7)9-3/h2H,1H3. The maximum absolute atomic E-state index is 5.54. The molecule has 1 aromatic rings. The third-order valence-corrected chi connectivity index (χ3v) is 1.19. The van der Waals surface area contributed by atoms with Crippen LogP contribution in [0.2, 0.25) is 5.15 Å². The van der Waals surface area contributed by atoms with Crippen LogP contribution < -0.4 is 5.46 Å². The van der Waals surface area contributed by atoms with Gasteiger partial charge in [0.05, 0.1) is 0 Å². The zero-order valence-corrected chi connectivity index (χ0v) is 5.68. The molecular weight excluding hydrogens is 134 g/mol. The topological polar surface area (TPSA) is 25.8 Å². The summed E-state index contributed by atoms with van der Waals surface area (Å²) in [7, 11) is 5.33. The average molecular weight is 138 g/mol. The summed E-state index contributed by atoms with van der Waals surface area (Å²) in [6, 6.07) is 0. The Labute approximate surface area is 59.7 Å². The molecule has 0 unspecified atom stereocenters. The summed E-state index contributed by atoms with van der Waals surface area (Å²) in [5.74, 6) is 0.634. The first-order chi connectivity index (χ1) is 4.20. The largest absolute Gasteiger partial charge is 0.242 e. The predicted octanol–water partition coefficient (Wildman–Crippen LogP) is 0.232. The zero-order chi connectivity index (χ0) is 6.85. The Bertz CT molecular complexity index is 226. The van der Waals surface area contributed by atoms with Crippen LogP contribution in [0.25, 0.3) is 0 Å². The lowest BCUT2D eigenvalue weighted by Crippen LogP contribution is -2.08. The van der Waals surface area contributed by atoms with Gasteiger partial charge in [-0.2, -0.15) is 0 Å². The van der Waals surface area contributed by atoms with Gasteiger partial charge in [-0.25, -0.2) is 9.97 Å². The van der Waals surface area contributed by atoms with E-state index in [0.29, 0.717) is 16.4 Å². The van der Waals surface area contributed by atoms with Crippen LogP contribution in [0.1, 0.15) is 5.82 Å². The van der Waals surface area contributed by atoms with Gasteiger partial charge in [-0.15, -0.1) is 0 Å². The second-order valence-corrected chi connectivity index (χ2v) is 2.02. The molecule has 9 heavy (non-hydrogen) atoms. The number of nitrogens with zero attached hydrogens (tertiary/aromatic N) is 2. The quantitative estimate of drug-likeness (QED) is 0.379. The smallest absolute Gasteiger partial charge is 0.126 e. The van der Waals surface area contributed by atoms with Gasteiger partial charge in [0.1, 0.15) is 18.8 Å². The third-order valence-electron chi connectivity index (χ3n) is 0.889. The van der Waals surface area contributed by atoms with Gasteiger partial charge < -0.3 is 0 Å². The highest BCUT2D eigenvalue weighted by Gasteiger charge is 1.93. The molecule has 44 valence electrons. The summed E-state index contributed by atoms with van der Waals surface area (Å²) >= 11 is 5.54. The van der Waals surface area contributed by atoms with Crippen molar-refractivity contribution in [3.63, 3.8) is 0 Å². The molecule has 0 bridgehead atoms. The van der Waals surface area contributed by atoms with E-state index in [0.717, 1.165) is 0 Å². The van der Waals surface area contributed by atoms with Gasteiger partial charge in [-0.3, -0.25) is 0 Å². The van der Waals surface area contributed by atoms with Crippen molar-refractivity contribution < 1.29 is 0 Å². The van der Waals surface area contributed by atoms with Crippen LogP contribution in [0, 0.1) is 6.92 Å². The maximum atomic E-state index is 5.54. The van der Waals surface area contributed by atoms with Gasteiger partial charge in [-0.05, 0) is 12.4 Å². The molecule has 0 aliphatic rings. The van der Waals surface area contributed by atoms with E-state index in [-0.39, 0.29) is 0 Å². The van der Waals surface area contributed by atoms with E-state index in [9.17, 15) is 0 Å². The summed E-state index contributed by atoms with van der Waals surface area (Å²) in [4.78, 5) is 7.62. The van der Waals surface area contributed by atoms with Gasteiger partial charge in [0.2, 0.25) is 0 Å². The van der Waals surface area contributed by atoms with Crippen LogP contribution in [-0.2, 0) is 0 Å². The fraction of sp³-hybridized carbons (Fsp3) is 0.200. The van der Waals surface area contributed by atoms with Crippen LogP contribution >= 0.6 is 11.6 Å². The Hall–Kier alpha value is -0.565. The van der Waals surface area contributed by atoms with Gasteiger partial charge in [0.25, 0.3) is 0 Å². The molecule has 1 rings (SSSR count). The first kappa shape index (κ1) is 6.55. The summed E-state index contributed by atoms with van der Waals surface area (Å²) in [5.41, 5.74) is 0.419. The number of rotatable bonds is 0. The minimum absolute atomic E-state index is 0.322. The van der Waals surface area contributed by atoms with Crippen molar-refractivity contribution >= 4 is 24.9 Å². The van der Waals surface area contributed by atoms with Gasteiger partial charge in [0, 0.05) is 6.20 Å². The first-order valence-corrected chi connectivity index (χ1v) is 2.82. The number of aromatic nitrogens is 2. The minimum Gasteiger partial charge on any atom is -0.242 e. The average Bonchev–Trinajstić information content (AvgIpc) is 1.80. The molecular formula is C5H4BClN2. The van der Waals surface area contributed by atoms with E-state index in [1.54, 1.807) is 6.92 Å². The molecule has 2 nitrogen and oxygen atoms in total. The number of halogens is 1. The lowest BCUT2D eigenvalue weighted by atomic mass is 10.0. The second kappa shape index (κ2) is 2.35. The molecule has 0 amide bonds. The SMILES string of the molecule is [B]c1cnc(C)nc1Cl. The number of aryl methyl sites for hydroxylation is 1. The van der Waals surface area contributed by atoms with E-state index in [2.05, 4.69) is 9.97 Å². The molecule has 0 saturated heterocycles. The van der Waals surface area contributed by atoms with E-state index < -0.39 is 0 Å². The molecule has 1 heterocycles. The maximum Gasteiger partial charge on any atom is 0.126 e. The van der Waals surface area contributed by atoms with Crippen molar-refractivity contribution in [1.82, 2.24) is 9.97 Å². The van der Waals surface area contributed by atoms with Crippen molar-refractivity contribution in [3.05, 3.63) is 17.2 Å². The lowest BCUT2D eigenvalue weighted by molar-refractivity contribution is 1.06. The first-order valence-electron chi connectivity index (χ1n) is 2.45. The van der Waals surface area contributed by atoms with Crippen LogP contribution in [0.15, 0.2) is 6.20 Å². The molecule has 0 fully saturated rings. The second-order valence-electron chi connectivity index (χ2n) is 1.66. The summed E-state index contributed by atoms with van der Waals surface area (Å²) in [6.45, 7) is 1.76. The molecule has 0 aromatic carbocycles. The monoisotopic (exact) mass is 138 g/mol. The van der Waals surface area contributed by atoms with E-state index in [4.69, 9.17) is 19.4 Å². The Balaban J connectivity index is 3.17. The molecule has 4 heteroatoms. The van der Waals surface area contributed by atoms with Crippen molar-refractivity contribution in [3.8, 4) is 0 Å². The fourth-order valence-electron chi connectivity index (χ4n) is 0.452. The highest BCUT2D eigenvalue weighted by Crippen LogP contribution is 1.96. The fourth-order valence-corrected chi connectivity index (χ4v) is 0.623. The number of hydrogen-bond donors (Lipinski definition) is 0. The molecule has 1 aromatic heterocycles. The van der Waals surface area contributed by atoms with E-state index in [1.807, 2.05) is 0 Å². The molecule has 0 aliphatic carbocycles. The van der Waals surface area contributed by atoms with Crippen molar-refractivity contribution in [2.75, 3.05) is 0 Å². The number of hydrogen-bond acceptors (Lipinski definition) is 2. The highest BCUT2D eigenvalue weighted by atomic mass is 35.5. The molecule has 0 spiro atoms. The molecule has 0 atom stereocenters. The third kappa shape index (κ3) is 1.42. The van der Waals surface area contributed by atoms with E-state index in [1.165, 1.54) is 6.20 Å². The summed E-state index contributed by atoms with van der Waals surface area (Å²) < 4.78 is 0. The van der Waals surface area contributed by atoms with Crippen LogP contribution in [0.3, 0.4) is 0 Å². The van der Waals surface area contributed by atoms with Crippen molar-refractivity contribution in [2.45, 2.75) is 6.92 Å². The predicted molar refractivity (Wildman–Crippen MR) is 37.2 cm³/mol.